The molecule has 1 aromatic carbocycles. The van der Waals surface area contributed by atoms with Crippen molar-refractivity contribution in [3.05, 3.63) is 29.3 Å². The molecular formula is C19H24O4. The highest BCUT2D eigenvalue weighted by Crippen LogP contribution is 2.62. The minimum absolute atomic E-state index is 0.111. The monoisotopic (exact) mass is 316 g/mol. The van der Waals surface area contributed by atoms with Gasteiger partial charge >= 0.3 is 0 Å². The molecule has 124 valence electrons. The fourth-order valence-corrected chi connectivity index (χ4v) is 5.83. The molecule has 0 aromatic heterocycles. The molecule has 3 N–H and O–H groups in total. The van der Waals surface area contributed by atoms with Crippen molar-refractivity contribution in [3.8, 4) is 5.75 Å². The summed E-state index contributed by atoms with van der Waals surface area (Å²) in [6.07, 6.45) is 1.46. The second-order valence-electron chi connectivity index (χ2n) is 8.08. The molecule has 0 heterocycles. The molecule has 4 nitrogen and oxygen atoms in total. The van der Waals surface area contributed by atoms with Gasteiger partial charge in [0.2, 0.25) is 0 Å². The molecule has 4 rings (SSSR count). The topological polar surface area (TPSA) is 77.8 Å². The average molecular weight is 316 g/mol. The van der Waals surface area contributed by atoms with E-state index in [4.69, 9.17) is 0 Å². The number of Topliss-reactive ketones (excluding diaryl/α,β-unsaturated/α-hetero) is 1. The number of fused-ring (bicyclic) bond motifs is 5. The summed E-state index contributed by atoms with van der Waals surface area (Å²) in [5.74, 6) is 0.552. The quantitative estimate of drug-likeness (QED) is 0.685. The van der Waals surface area contributed by atoms with Crippen molar-refractivity contribution in [1.29, 1.82) is 0 Å². The van der Waals surface area contributed by atoms with Crippen molar-refractivity contribution >= 4 is 5.78 Å². The lowest BCUT2D eigenvalue weighted by Gasteiger charge is -2.57. The van der Waals surface area contributed by atoms with Crippen LogP contribution in [0.15, 0.2) is 18.2 Å². The van der Waals surface area contributed by atoms with Gasteiger partial charge in [-0.2, -0.15) is 0 Å². The third kappa shape index (κ3) is 1.76. The second kappa shape index (κ2) is 4.58. The minimum atomic E-state index is -1.32. The molecule has 0 radical (unpaired) electrons. The number of carbonyl (C=O) groups is 1. The molecule has 6 atom stereocenters. The summed E-state index contributed by atoms with van der Waals surface area (Å²) in [6, 6.07) is 5.01. The summed E-state index contributed by atoms with van der Waals surface area (Å²) in [4.78, 5) is 12.4. The number of rotatable bonds is 0. The smallest absolute Gasteiger partial charge is 0.139 e. The molecular weight excluding hydrogens is 292 g/mol. The van der Waals surface area contributed by atoms with Gasteiger partial charge in [0.05, 0.1) is 6.10 Å². The van der Waals surface area contributed by atoms with Crippen molar-refractivity contribution < 1.29 is 20.1 Å². The molecule has 0 bridgehead atoms. The summed E-state index contributed by atoms with van der Waals surface area (Å²) >= 11 is 0. The number of carbonyl (C=O) groups excluding carboxylic acids is 1. The zero-order valence-electron chi connectivity index (χ0n) is 13.6. The molecule has 23 heavy (non-hydrogen) atoms. The van der Waals surface area contributed by atoms with Crippen LogP contribution in [-0.2, 0) is 16.8 Å². The molecule has 3 aliphatic rings. The summed E-state index contributed by atoms with van der Waals surface area (Å²) in [7, 11) is 0. The molecule has 0 spiro atoms. The Labute approximate surface area is 136 Å². The number of phenols is 1. The third-order valence-electron chi connectivity index (χ3n) is 6.88. The molecule has 2 fully saturated rings. The highest BCUT2D eigenvalue weighted by molar-refractivity contribution is 5.87. The Hall–Kier alpha value is -1.39. The van der Waals surface area contributed by atoms with Gasteiger partial charge < -0.3 is 15.3 Å². The van der Waals surface area contributed by atoms with Crippen LogP contribution in [0.5, 0.6) is 5.75 Å². The van der Waals surface area contributed by atoms with E-state index in [9.17, 15) is 20.1 Å². The minimum Gasteiger partial charge on any atom is -0.508 e. The molecule has 1 aromatic rings. The predicted molar refractivity (Wildman–Crippen MR) is 84.8 cm³/mol. The summed E-state index contributed by atoms with van der Waals surface area (Å²) in [5, 5.41) is 32.2. The molecule has 0 saturated heterocycles. The fraction of sp³-hybridized carbons (Fsp3) is 0.632. The molecule has 0 amide bonds. The van der Waals surface area contributed by atoms with Crippen LogP contribution in [0.25, 0.3) is 0 Å². The van der Waals surface area contributed by atoms with Crippen LogP contribution in [0, 0.1) is 23.2 Å². The first-order valence-electron chi connectivity index (χ1n) is 8.54. The lowest BCUT2D eigenvalue weighted by atomic mass is 9.50. The Balaban J connectivity index is 1.90. The first kappa shape index (κ1) is 15.2. The van der Waals surface area contributed by atoms with Crippen molar-refractivity contribution in [3.63, 3.8) is 0 Å². The summed E-state index contributed by atoms with van der Waals surface area (Å²) in [5.41, 5.74) is -0.204. The lowest BCUT2D eigenvalue weighted by molar-refractivity contribution is -0.208. The first-order chi connectivity index (χ1) is 10.8. The van der Waals surface area contributed by atoms with E-state index in [-0.39, 0.29) is 29.3 Å². The van der Waals surface area contributed by atoms with Crippen LogP contribution in [0.4, 0.5) is 0 Å². The Kier molecular flexibility index (Phi) is 3.02. The molecule has 4 heteroatoms. The Bertz CT molecular complexity index is 684. The van der Waals surface area contributed by atoms with E-state index in [2.05, 4.69) is 6.92 Å². The van der Waals surface area contributed by atoms with Gasteiger partial charge in [0.25, 0.3) is 0 Å². The van der Waals surface area contributed by atoms with E-state index in [0.717, 1.165) is 24.0 Å². The first-order valence-corrected chi connectivity index (χ1v) is 8.54. The van der Waals surface area contributed by atoms with E-state index in [0.29, 0.717) is 12.8 Å². The van der Waals surface area contributed by atoms with Crippen molar-refractivity contribution in [1.82, 2.24) is 0 Å². The predicted octanol–water partition coefficient (Wildman–Crippen LogP) is 2.14. The van der Waals surface area contributed by atoms with Crippen LogP contribution in [-0.4, -0.2) is 27.2 Å². The van der Waals surface area contributed by atoms with Gasteiger partial charge in [-0.05, 0) is 54.4 Å². The Morgan fingerprint density at radius 3 is 2.78 bits per heavy atom. The summed E-state index contributed by atoms with van der Waals surface area (Å²) < 4.78 is 0. The van der Waals surface area contributed by atoms with Crippen LogP contribution in [0.2, 0.25) is 0 Å². The van der Waals surface area contributed by atoms with Crippen molar-refractivity contribution in [2.75, 3.05) is 0 Å². The highest BCUT2D eigenvalue weighted by atomic mass is 16.3. The number of hydrogen-bond donors (Lipinski definition) is 3. The Morgan fingerprint density at radius 1 is 1.30 bits per heavy atom. The maximum Gasteiger partial charge on any atom is 0.139 e. The lowest BCUT2D eigenvalue weighted by Crippen LogP contribution is -2.62. The van der Waals surface area contributed by atoms with Gasteiger partial charge in [-0.1, -0.05) is 19.9 Å². The fourth-order valence-electron chi connectivity index (χ4n) is 5.83. The largest absolute Gasteiger partial charge is 0.508 e. The maximum atomic E-state index is 12.4. The van der Waals surface area contributed by atoms with E-state index < -0.39 is 17.1 Å². The number of benzene rings is 1. The van der Waals surface area contributed by atoms with E-state index in [1.807, 2.05) is 6.92 Å². The van der Waals surface area contributed by atoms with Crippen LogP contribution < -0.4 is 0 Å². The zero-order chi connectivity index (χ0) is 16.6. The zero-order valence-corrected chi connectivity index (χ0v) is 13.6. The normalized spacial score (nSPS) is 45.3. The number of aliphatic hydroxyl groups is 2. The number of hydrogen-bond acceptors (Lipinski definition) is 4. The van der Waals surface area contributed by atoms with Gasteiger partial charge in [-0.25, -0.2) is 0 Å². The van der Waals surface area contributed by atoms with Crippen LogP contribution >= 0.6 is 0 Å². The van der Waals surface area contributed by atoms with Crippen molar-refractivity contribution in [2.45, 2.75) is 51.2 Å². The SMILES string of the molecule is C[C@@H]1Cc2cc(O)ccc2[C@]2(O)[C@@H]1[C@@H]1CCC(=O)[C@@]1(C)C[C@@H]2O. The van der Waals surface area contributed by atoms with Crippen LogP contribution in [0.3, 0.4) is 0 Å². The number of aromatic hydroxyl groups is 1. The molecule has 0 unspecified atom stereocenters. The average Bonchev–Trinajstić information content (AvgIpc) is 2.75. The van der Waals surface area contributed by atoms with E-state index in [1.54, 1.807) is 18.2 Å². The number of phenolic OH excluding ortho intramolecular Hbond substituents is 1. The number of ketones is 1. The Morgan fingerprint density at radius 2 is 2.04 bits per heavy atom. The molecule has 3 aliphatic carbocycles. The molecule has 0 aliphatic heterocycles. The van der Waals surface area contributed by atoms with Gasteiger partial charge in [0.15, 0.2) is 0 Å². The van der Waals surface area contributed by atoms with Crippen LogP contribution in [0.1, 0.15) is 44.2 Å². The standard InChI is InChI=1S/C19H24O4/c1-10-7-11-8-12(20)3-4-13(11)19(23)16(22)9-18(2)14(17(10)19)5-6-15(18)21/h3-4,8,10,14,16-17,20,22-23H,5-7,9H2,1-2H3/t10-,14+,16+,17+,18+,19-/m1/s1. The third-order valence-corrected chi connectivity index (χ3v) is 6.88. The van der Waals surface area contributed by atoms with Gasteiger partial charge in [0, 0.05) is 17.8 Å². The summed E-state index contributed by atoms with van der Waals surface area (Å²) in [6.45, 7) is 4.05. The highest BCUT2D eigenvalue weighted by Gasteiger charge is 2.65. The maximum absolute atomic E-state index is 12.4. The molecule has 2 saturated carbocycles. The van der Waals surface area contributed by atoms with E-state index >= 15 is 0 Å². The van der Waals surface area contributed by atoms with Gasteiger partial charge in [0.1, 0.15) is 17.1 Å². The van der Waals surface area contributed by atoms with E-state index in [1.165, 1.54) is 0 Å². The van der Waals surface area contributed by atoms with Crippen molar-refractivity contribution in [2.24, 2.45) is 23.2 Å². The second-order valence-corrected chi connectivity index (χ2v) is 8.08. The van der Waals surface area contributed by atoms with Gasteiger partial charge in [-0.3, -0.25) is 4.79 Å². The van der Waals surface area contributed by atoms with Gasteiger partial charge in [-0.15, -0.1) is 0 Å². The number of aliphatic hydroxyl groups excluding tert-OH is 1.